The zero-order valence-corrected chi connectivity index (χ0v) is 12.4. The van der Waals surface area contributed by atoms with Crippen LogP contribution in [0.2, 0.25) is 0 Å². The fraction of sp³-hybridized carbons (Fsp3) is 0.500. The van der Waals surface area contributed by atoms with E-state index in [1.54, 1.807) is 11.8 Å². The van der Waals surface area contributed by atoms with Crippen LogP contribution in [0.5, 0.6) is 0 Å². The molecule has 1 rings (SSSR count). The van der Waals surface area contributed by atoms with Crippen LogP contribution >= 0.6 is 11.8 Å². The summed E-state index contributed by atoms with van der Waals surface area (Å²) in [6.45, 7) is 4.28. The minimum atomic E-state index is 0.0119. The summed E-state index contributed by atoms with van der Waals surface area (Å²) >= 11 is 1.62. The van der Waals surface area contributed by atoms with E-state index in [-0.39, 0.29) is 12.5 Å². The number of likely N-dealkylation sites (N-methyl/N-ethyl adjacent to an activating group) is 1. The Morgan fingerprint density at radius 1 is 1.37 bits per heavy atom. The van der Waals surface area contributed by atoms with Gasteiger partial charge in [0.1, 0.15) is 0 Å². The molecule has 1 amide bonds. The number of anilines is 1. The van der Waals surface area contributed by atoms with Gasteiger partial charge in [-0.2, -0.15) is 0 Å². The molecule has 0 saturated heterocycles. The first-order valence-electron chi connectivity index (χ1n) is 6.47. The van der Waals surface area contributed by atoms with Crippen molar-refractivity contribution in [2.75, 3.05) is 37.8 Å². The number of para-hydroxylation sites is 1. The van der Waals surface area contributed by atoms with Crippen LogP contribution in [0.25, 0.3) is 0 Å². The van der Waals surface area contributed by atoms with Crippen molar-refractivity contribution in [1.82, 2.24) is 4.90 Å². The molecule has 1 aromatic carbocycles. The molecule has 5 heteroatoms. The maximum absolute atomic E-state index is 11.9. The van der Waals surface area contributed by atoms with E-state index in [0.717, 1.165) is 17.1 Å². The van der Waals surface area contributed by atoms with E-state index in [1.807, 2.05) is 37.4 Å². The van der Waals surface area contributed by atoms with Crippen molar-refractivity contribution in [2.24, 2.45) is 0 Å². The lowest BCUT2D eigenvalue weighted by Gasteiger charge is -2.18. The highest BCUT2D eigenvalue weighted by Crippen LogP contribution is 2.24. The molecular formula is C14H22N2O2S. The van der Waals surface area contributed by atoms with Gasteiger partial charge < -0.3 is 15.3 Å². The van der Waals surface area contributed by atoms with Crippen LogP contribution in [-0.4, -0.2) is 48.4 Å². The molecule has 2 N–H and O–H groups in total. The van der Waals surface area contributed by atoms with E-state index in [0.29, 0.717) is 19.5 Å². The molecule has 19 heavy (non-hydrogen) atoms. The van der Waals surface area contributed by atoms with E-state index < -0.39 is 0 Å². The molecule has 0 aliphatic carbocycles. The Kier molecular flexibility index (Phi) is 7.55. The number of carbonyl (C=O) groups is 1. The molecule has 0 heterocycles. The average Bonchev–Trinajstić information content (AvgIpc) is 2.44. The highest BCUT2D eigenvalue weighted by atomic mass is 32.2. The molecule has 0 atom stereocenters. The Morgan fingerprint density at radius 3 is 2.74 bits per heavy atom. The summed E-state index contributed by atoms with van der Waals surface area (Å²) < 4.78 is 0. The van der Waals surface area contributed by atoms with Crippen molar-refractivity contribution in [3.05, 3.63) is 24.3 Å². The van der Waals surface area contributed by atoms with E-state index in [9.17, 15) is 4.79 Å². The highest BCUT2D eigenvalue weighted by molar-refractivity contribution is 7.98. The lowest BCUT2D eigenvalue weighted by molar-refractivity contribution is -0.116. The zero-order valence-electron chi connectivity index (χ0n) is 11.6. The largest absolute Gasteiger partial charge is 0.395 e. The fourth-order valence-electron chi connectivity index (χ4n) is 1.79. The van der Waals surface area contributed by atoms with Gasteiger partial charge in [-0.3, -0.25) is 4.79 Å². The summed E-state index contributed by atoms with van der Waals surface area (Å²) in [5, 5.41) is 11.8. The molecule has 0 fully saturated rings. The van der Waals surface area contributed by atoms with E-state index in [2.05, 4.69) is 10.2 Å². The number of aliphatic hydroxyl groups excluding tert-OH is 1. The second-order valence-electron chi connectivity index (χ2n) is 4.16. The Bertz CT molecular complexity index is 399. The van der Waals surface area contributed by atoms with Gasteiger partial charge in [0.15, 0.2) is 0 Å². The molecule has 0 radical (unpaired) electrons. The molecule has 0 aromatic heterocycles. The van der Waals surface area contributed by atoms with Gasteiger partial charge in [0.25, 0.3) is 0 Å². The molecule has 4 nitrogen and oxygen atoms in total. The summed E-state index contributed by atoms with van der Waals surface area (Å²) in [5.41, 5.74) is 0.866. The van der Waals surface area contributed by atoms with Crippen molar-refractivity contribution >= 4 is 23.4 Å². The maximum Gasteiger partial charge on any atom is 0.225 e. The number of carbonyl (C=O) groups excluding carboxylic acids is 1. The molecule has 1 aromatic rings. The van der Waals surface area contributed by atoms with Gasteiger partial charge in [0.05, 0.1) is 12.3 Å². The van der Waals surface area contributed by atoms with E-state index in [4.69, 9.17) is 5.11 Å². The molecule has 0 aliphatic heterocycles. The first-order valence-corrected chi connectivity index (χ1v) is 7.69. The van der Waals surface area contributed by atoms with Gasteiger partial charge in [-0.15, -0.1) is 11.8 Å². The van der Waals surface area contributed by atoms with Gasteiger partial charge in [0.2, 0.25) is 5.91 Å². The SMILES string of the molecule is CCN(CCO)CCC(=O)Nc1ccccc1SC. The van der Waals surface area contributed by atoms with Crippen LogP contribution in [-0.2, 0) is 4.79 Å². The predicted octanol–water partition coefficient (Wildman–Crippen LogP) is 2.05. The fourth-order valence-corrected chi connectivity index (χ4v) is 2.34. The molecule has 0 aliphatic rings. The smallest absolute Gasteiger partial charge is 0.225 e. The molecule has 0 spiro atoms. The number of nitrogens with zero attached hydrogens (tertiary/aromatic N) is 1. The van der Waals surface area contributed by atoms with Gasteiger partial charge >= 0.3 is 0 Å². The third-order valence-corrected chi connectivity index (χ3v) is 3.70. The number of amides is 1. The van der Waals surface area contributed by atoms with Crippen molar-refractivity contribution in [3.63, 3.8) is 0 Å². The zero-order chi connectivity index (χ0) is 14.1. The van der Waals surface area contributed by atoms with Crippen LogP contribution < -0.4 is 5.32 Å². The first kappa shape index (κ1) is 16.0. The van der Waals surface area contributed by atoms with Gasteiger partial charge in [-0.1, -0.05) is 19.1 Å². The number of benzene rings is 1. The number of thioether (sulfide) groups is 1. The number of nitrogens with one attached hydrogen (secondary N) is 1. The standard InChI is InChI=1S/C14H22N2O2S/c1-3-16(10-11-17)9-8-14(18)15-12-6-4-5-7-13(12)19-2/h4-7,17H,3,8-11H2,1-2H3,(H,15,18). The Balaban J connectivity index is 2.46. The predicted molar refractivity (Wildman–Crippen MR) is 80.7 cm³/mol. The van der Waals surface area contributed by atoms with Crippen LogP contribution in [0.1, 0.15) is 13.3 Å². The van der Waals surface area contributed by atoms with Gasteiger partial charge in [-0.05, 0) is 24.9 Å². The van der Waals surface area contributed by atoms with Crippen molar-refractivity contribution in [1.29, 1.82) is 0 Å². The summed E-state index contributed by atoms with van der Waals surface area (Å²) in [4.78, 5) is 15.0. The third-order valence-electron chi connectivity index (χ3n) is 2.90. The van der Waals surface area contributed by atoms with Crippen LogP contribution in [0.4, 0.5) is 5.69 Å². The Morgan fingerprint density at radius 2 is 2.11 bits per heavy atom. The van der Waals surface area contributed by atoms with Gasteiger partial charge in [-0.25, -0.2) is 0 Å². The third kappa shape index (κ3) is 5.63. The second-order valence-corrected chi connectivity index (χ2v) is 5.00. The number of hydrogen-bond acceptors (Lipinski definition) is 4. The van der Waals surface area contributed by atoms with E-state index in [1.165, 1.54) is 0 Å². The highest BCUT2D eigenvalue weighted by Gasteiger charge is 2.08. The number of rotatable bonds is 8. The summed E-state index contributed by atoms with van der Waals surface area (Å²) in [7, 11) is 0. The maximum atomic E-state index is 11.9. The molecule has 0 bridgehead atoms. The minimum Gasteiger partial charge on any atom is -0.395 e. The second kappa shape index (κ2) is 8.96. The lowest BCUT2D eigenvalue weighted by Crippen LogP contribution is -2.30. The summed E-state index contributed by atoms with van der Waals surface area (Å²) in [5.74, 6) is 0.0119. The Labute approximate surface area is 119 Å². The van der Waals surface area contributed by atoms with Crippen LogP contribution in [0.15, 0.2) is 29.2 Å². The molecule has 106 valence electrons. The molecular weight excluding hydrogens is 260 g/mol. The molecule has 0 saturated carbocycles. The number of aliphatic hydroxyl groups is 1. The van der Waals surface area contributed by atoms with Crippen LogP contribution in [0, 0.1) is 0 Å². The normalized spacial score (nSPS) is 10.7. The number of hydrogen-bond donors (Lipinski definition) is 2. The van der Waals surface area contributed by atoms with Crippen molar-refractivity contribution in [3.8, 4) is 0 Å². The average molecular weight is 282 g/mol. The first-order chi connectivity index (χ1) is 9.21. The quantitative estimate of drug-likeness (QED) is 0.717. The Hall–Kier alpha value is -1.04. The van der Waals surface area contributed by atoms with Crippen molar-refractivity contribution < 1.29 is 9.90 Å². The minimum absolute atomic E-state index is 0.0119. The molecule has 0 unspecified atom stereocenters. The monoisotopic (exact) mass is 282 g/mol. The lowest BCUT2D eigenvalue weighted by atomic mass is 10.3. The van der Waals surface area contributed by atoms with Gasteiger partial charge in [0, 0.05) is 24.4 Å². The van der Waals surface area contributed by atoms with Crippen molar-refractivity contribution in [2.45, 2.75) is 18.2 Å². The van der Waals surface area contributed by atoms with E-state index >= 15 is 0 Å². The van der Waals surface area contributed by atoms with Crippen LogP contribution in [0.3, 0.4) is 0 Å². The summed E-state index contributed by atoms with van der Waals surface area (Å²) in [6, 6.07) is 7.78. The topological polar surface area (TPSA) is 52.6 Å². The summed E-state index contributed by atoms with van der Waals surface area (Å²) in [6.07, 6.45) is 2.43.